The fourth-order valence-electron chi connectivity index (χ4n) is 15.6. The predicted molar refractivity (Wildman–Crippen MR) is 591 cm³/mol. The number of carbonyl (C=O) groups is 6. The Morgan fingerprint density at radius 3 is 1.18 bits per heavy atom. The second-order valence-corrected chi connectivity index (χ2v) is 44.8. The van der Waals surface area contributed by atoms with Crippen LogP contribution in [0.2, 0.25) is 0 Å². The number of alkyl halides is 1. The highest BCUT2D eigenvalue weighted by molar-refractivity contribution is 9.12. The summed E-state index contributed by atoms with van der Waals surface area (Å²) in [5, 5.41) is 51.4. The number of carboxylic acids is 2. The maximum atomic E-state index is 11.8. The lowest BCUT2D eigenvalue weighted by molar-refractivity contribution is -0.154. The number of halogens is 11. The lowest BCUT2D eigenvalue weighted by Crippen LogP contribution is -2.34. The number of aliphatic hydroxyl groups excluding tert-OH is 2. The van der Waals surface area contributed by atoms with Gasteiger partial charge in [0.05, 0.1) is 42.0 Å². The van der Waals surface area contributed by atoms with E-state index >= 15 is 0 Å². The molecular weight excluding hydrogens is 2410 g/mol. The molecule has 2 amide bonds. The normalized spacial score (nSPS) is 14.6. The van der Waals surface area contributed by atoms with Crippen LogP contribution >= 0.6 is 172 Å². The molecule has 5 aliphatic carbocycles. The first-order chi connectivity index (χ1) is 63.7. The summed E-state index contributed by atoms with van der Waals surface area (Å²) in [7, 11) is 0. The van der Waals surface area contributed by atoms with Crippen molar-refractivity contribution in [2.75, 3.05) is 0 Å². The Labute approximate surface area is 900 Å². The quantitative estimate of drug-likeness (QED) is 0.0360. The highest BCUT2D eigenvalue weighted by Crippen LogP contribution is 2.41. The molecule has 0 bridgehead atoms. The van der Waals surface area contributed by atoms with E-state index in [2.05, 4.69) is 248 Å². The number of fused-ring (bicyclic) bond motifs is 5. The van der Waals surface area contributed by atoms with E-state index in [4.69, 9.17) is 40.5 Å². The number of alkyl carbamates (subject to hydrolysis) is 2. The van der Waals surface area contributed by atoms with Crippen molar-refractivity contribution in [3.63, 3.8) is 0 Å². The van der Waals surface area contributed by atoms with Crippen LogP contribution in [0.4, 0.5) is 9.59 Å². The number of hydrogen-bond acceptors (Lipinski definition) is 13. The van der Waals surface area contributed by atoms with E-state index in [1.807, 2.05) is 192 Å². The summed E-state index contributed by atoms with van der Waals surface area (Å²) in [6, 6.07) is 51.6. The van der Waals surface area contributed by atoms with Gasteiger partial charge in [-0.15, -0.1) is 12.4 Å². The number of ketones is 1. The third-order valence-electron chi connectivity index (χ3n) is 23.5. The number of aryl methyl sites for hydroxylation is 2. The van der Waals surface area contributed by atoms with Crippen LogP contribution < -0.4 is 16.4 Å². The number of aliphatic carboxylic acids is 1. The number of esters is 1. The second kappa shape index (κ2) is 56.9. The van der Waals surface area contributed by atoms with Gasteiger partial charge in [-0.25, -0.2) is 14.4 Å². The predicted octanol–water partition coefficient (Wildman–Crippen LogP) is 31.6. The van der Waals surface area contributed by atoms with E-state index in [1.165, 1.54) is 92.4 Å². The minimum absolute atomic E-state index is 0. The van der Waals surface area contributed by atoms with Gasteiger partial charge >= 0.3 is 30.1 Å². The van der Waals surface area contributed by atoms with Crippen LogP contribution in [0.5, 0.6) is 0 Å². The van der Waals surface area contributed by atoms with Crippen molar-refractivity contribution in [3.05, 3.63) is 337 Å². The number of Topliss-reactive ketones (excluding diaryl/α,β-unsaturated/α-hetero) is 1. The van der Waals surface area contributed by atoms with Crippen LogP contribution in [0.15, 0.2) is 192 Å². The summed E-state index contributed by atoms with van der Waals surface area (Å²) in [5.74, 6) is -1.49. The Kier molecular flexibility index (Phi) is 50.2. The zero-order chi connectivity index (χ0) is 102. The SMILES string of the molecule is Cc1c(Br)ccc2c1CCC2=O.Cc1c(Br)ccc2c1CC[C@@H]2N.Cc1c(Br)ccc2c1CC[C@@H]2NC(=O)OC(C)(C)C.Cc1c(Br)ccc2c1CC[C@H]2O.Cc1c(Br)cccc1C(=O)O.Cc1c(Br)cccc1CBr.Cc1c(Br)cccc1CCC(=O)O.Cc1c(Br)cccc1CCC(=O)OC(C)(C)C.Cc1c(Br)cccc1CO.Cc1c(C#N)ccc2c1CC[C@@H]2NC(=O)OC(C)(C)C.Cl. The number of carboxylic acid groups (broad SMARTS) is 2. The molecule has 0 aromatic heterocycles. The summed E-state index contributed by atoms with van der Waals surface area (Å²) in [4.78, 5) is 67.5. The minimum atomic E-state index is -0.885. The first-order valence-electron chi connectivity index (χ1n) is 44.9. The van der Waals surface area contributed by atoms with Gasteiger partial charge in [0.15, 0.2) is 5.78 Å². The summed E-state index contributed by atoms with van der Waals surface area (Å²) in [6.07, 6.45) is 10.4. The van der Waals surface area contributed by atoms with Gasteiger partial charge in [-0.1, -0.05) is 238 Å². The molecular formula is C109H127Br10ClN4O13. The average Bonchev–Trinajstić information content (AvgIpc) is 1.64. The molecule has 0 spiro atoms. The molecule has 0 aliphatic heterocycles. The van der Waals surface area contributed by atoms with Crippen LogP contribution in [0.25, 0.3) is 0 Å². The Hall–Kier alpha value is -6.72. The number of aromatic carboxylic acids is 1. The molecule has 0 unspecified atom stereocenters. The standard InChI is InChI=1S/C16H20N2O2.C15H20BrNO2.C14H19BrO2.C10H12BrN.C10H11BrO2.C10H11BrO.C10H9BrO.C8H8Br2.C8H7BrO2.C8H9BrO.ClH/c1-10-11(9-17)5-6-13-12(10)7-8-14(13)18-15(19)20-16(2,3)4;1-9-10-6-8-13(11(10)5-7-12(9)16)17-14(18)19-15(2,3)4;1-10-11(6-5-7-12(10)15)8-9-13(16)17-14(2,3)4;1-6-7-3-5-10(12)8(7)2-4-9(6)11;1-7-8(5-6-10(12)13)3-2-4-9(7)11;2*1-6-7-3-5-10(12)8(7)2-4-9(6)11;1-6-7(5-9)3-2-4-8(6)10;1-5-6(8(10)11)3-2-4-7(5)9;1-6-7(5-10)3-2-4-8(6)9;/h5-6,14H,7-8H2,1-4H3,(H,18,19);5,7,13H,6,8H2,1-4H3,(H,17,18);5-7H,8-9H2,1-4H3;2,4,10H,3,5,12H2,1H3;2-4H,5-6H2,1H3,(H,12,13);2,4,10,12H,3,5H2,1H3;2,4H,3,5H2,1H3;2-4H,5H2,1H3;2-4H,1H3,(H,10,11);2-4,10H,5H2,1H3;1H/t14-;13-;;10-;;10-;;;;;/m00.0.1...../s1. The smallest absolute Gasteiger partial charge is 0.408 e. The molecule has 5 aliphatic rings. The van der Waals surface area contributed by atoms with Crippen LogP contribution in [0.3, 0.4) is 0 Å². The Morgan fingerprint density at radius 2 is 0.759 bits per heavy atom. The van der Waals surface area contributed by atoms with Gasteiger partial charge in [0.1, 0.15) is 16.8 Å². The highest BCUT2D eigenvalue weighted by atomic mass is 79.9. The number of nitrogens with one attached hydrogen (secondary N) is 2. The number of carbonyl (C=O) groups excluding carboxylic acids is 4. The monoisotopic (exact) mass is 2520 g/mol. The number of aliphatic hydroxyl groups is 2. The second-order valence-electron chi connectivity index (χ2n) is 36.5. The molecule has 4 atom stereocenters. The summed E-state index contributed by atoms with van der Waals surface area (Å²) in [6.45, 7) is 37.2. The molecule has 10 aromatic carbocycles. The molecule has 10 aromatic rings. The van der Waals surface area contributed by atoms with Gasteiger partial charge < -0.3 is 51.0 Å². The van der Waals surface area contributed by atoms with Gasteiger partial charge in [0.25, 0.3) is 0 Å². The van der Waals surface area contributed by atoms with Crippen LogP contribution in [-0.2, 0) is 80.7 Å². The maximum Gasteiger partial charge on any atom is 0.408 e. The van der Waals surface area contributed by atoms with Gasteiger partial charge in [-0.2, -0.15) is 5.26 Å². The fraction of sp³-hybridized carbons (Fsp3) is 0.385. The minimum Gasteiger partial charge on any atom is -0.481 e. The third-order valence-corrected chi connectivity index (χ3v) is 31.8. The number of benzene rings is 10. The van der Waals surface area contributed by atoms with Crippen molar-refractivity contribution in [3.8, 4) is 6.07 Å². The van der Waals surface area contributed by atoms with Crippen molar-refractivity contribution in [2.24, 2.45) is 5.73 Å². The number of rotatable bonds is 11. The lowest BCUT2D eigenvalue weighted by Gasteiger charge is -2.22. The number of hydrogen-bond donors (Lipinski definition) is 7. The van der Waals surface area contributed by atoms with Crippen molar-refractivity contribution in [1.82, 2.24) is 10.6 Å². The van der Waals surface area contributed by atoms with Crippen LogP contribution in [-0.4, -0.2) is 73.1 Å². The van der Waals surface area contributed by atoms with Gasteiger partial charge in [0, 0.05) is 76.5 Å². The first-order valence-corrected chi connectivity index (χ1v) is 53.1. The fourth-order valence-corrected chi connectivity index (χ4v) is 19.7. The zero-order valence-corrected chi connectivity index (χ0v) is 97.9. The topological polar surface area (TPSA) is 285 Å². The van der Waals surface area contributed by atoms with E-state index in [0.717, 1.165) is 151 Å². The Morgan fingerprint density at radius 1 is 0.409 bits per heavy atom. The van der Waals surface area contributed by atoms with E-state index in [0.29, 0.717) is 36.2 Å². The summed E-state index contributed by atoms with van der Waals surface area (Å²) < 4.78 is 25.7. The van der Waals surface area contributed by atoms with Gasteiger partial charge in [-0.3, -0.25) is 14.4 Å². The largest absolute Gasteiger partial charge is 0.481 e. The molecule has 0 saturated heterocycles. The van der Waals surface area contributed by atoms with E-state index in [1.54, 1.807) is 19.1 Å². The third kappa shape index (κ3) is 37.5. The van der Waals surface area contributed by atoms with Crippen molar-refractivity contribution in [1.29, 1.82) is 5.26 Å². The Balaban J connectivity index is 0.000000271. The average molecular weight is 2540 g/mol. The molecule has 28 heteroatoms. The Bertz CT molecular complexity index is 5800. The van der Waals surface area contributed by atoms with E-state index < -0.39 is 34.8 Å². The highest BCUT2D eigenvalue weighted by Gasteiger charge is 2.31. The van der Waals surface area contributed by atoms with Gasteiger partial charge in [0.2, 0.25) is 0 Å². The van der Waals surface area contributed by atoms with Crippen molar-refractivity contribution in [2.45, 2.75) is 274 Å². The number of amides is 2. The summed E-state index contributed by atoms with van der Waals surface area (Å²) in [5.41, 5.74) is 34.2. The van der Waals surface area contributed by atoms with Crippen molar-refractivity contribution >= 4 is 208 Å². The molecule has 17 nitrogen and oxygen atoms in total. The van der Waals surface area contributed by atoms with Crippen molar-refractivity contribution < 1.29 is 63.4 Å². The number of ether oxygens (including phenoxy) is 3. The van der Waals surface area contributed by atoms with Gasteiger partial charge in [-0.05, 0) is 403 Å². The van der Waals surface area contributed by atoms with E-state index in [-0.39, 0.29) is 61.7 Å². The van der Waals surface area contributed by atoms with E-state index in [9.17, 15) is 33.9 Å². The van der Waals surface area contributed by atoms with Crippen LogP contribution in [0, 0.1) is 80.6 Å². The number of nitrogens with zero attached hydrogens (tertiary/aromatic N) is 1. The maximum absolute atomic E-state index is 11.8. The first kappa shape index (κ1) is 121. The lowest BCUT2D eigenvalue weighted by atomic mass is 9.99. The molecule has 738 valence electrons. The molecule has 15 rings (SSSR count). The molecule has 0 fully saturated rings. The molecule has 0 heterocycles. The summed E-state index contributed by atoms with van der Waals surface area (Å²) >= 11 is 34.4. The molecule has 0 radical (unpaired) electrons. The molecule has 137 heavy (non-hydrogen) atoms. The number of nitriles is 1. The van der Waals surface area contributed by atoms with Crippen LogP contribution in [0.1, 0.15) is 286 Å². The molecule has 0 saturated carbocycles. The number of nitrogens with two attached hydrogens (primary N) is 1. The zero-order valence-electron chi connectivity index (χ0n) is 81.2. The molecule has 8 N–H and O–H groups in total.